The minimum absolute atomic E-state index is 0.0757. The van der Waals surface area contributed by atoms with Crippen molar-refractivity contribution in [1.29, 1.82) is 0 Å². The molecule has 12 heteroatoms. The molecule has 8 nitrogen and oxygen atoms in total. The van der Waals surface area contributed by atoms with Crippen LogP contribution in [0.2, 0.25) is 0 Å². The number of hydrogen-bond donors (Lipinski definition) is 1. The van der Waals surface area contributed by atoms with Gasteiger partial charge >= 0.3 is 5.97 Å². The van der Waals surface area contributed by atoms with Crippen LogP contribution in [0.25, 0.3) is 11.8 Å². The molecule has 2 aromatic rings. The summed E-state index contributed by atoms with van der Waals surface area (Å²) >= 11 is 0.442. The summed E-state index contributed by atoms with van der Waals surface area (Å²) in [5, 5.41) is 15.3. The SMILES string of the molecule is COCC(=O)O[C@]1(C(=O)SCF)CC[C@@H]2[C@@H]3CCC4=Cc5c(cnn5-c5ccc(F)nc5)C[C@@H]4[C@@]3(F)[C@@H](O)C[C@@H]21. The number of thioether (sulfide) groups is 1. The average molecular weight is 578 g/mol. The second kappa shape index (κ2) is 10.3. The molecule has 7 atom stereocenters. The second-order valence-electron chi connectivity index (χ2n) is 11.2. The number of rotatable bonds is 6. The molecule has 0 aromatic carbocycles. The lowest BCUT2D eigenvalue weighted by atomic mass is 9.52. The van der Waals surface area contributed by atoms with Crippen molar-refractivity contribution in [2.45, 2.75) is 55.9 Å². The summed E-state index contributed by atoms with van der Waals surface area (Å²) in [5.41, 5.74) is -0.522. The van der Waals surface area contributed by atoms with Gasteiger partial charge in [0.05, 0.1) is 29.9 Å². The molecule has 0 spiro atoms. The van der Waals surface area contributed by atoms with Gasteiger partial charge in [-0.25, -0.2) is 23.2 Å². The molecular formula is C28H30F3N3O5S. The lowest BCUT2D eigenvalue weighted by Gasteiger charge is -2.56. The summed E-state index contributed by atoms with van der Waals surface area (Å²) in [7, 11) is 1.33. The van der Waals surface area contributed by atoms with Crippen molar-refractivity contribution >= 4 is 28.9 Å². The zero-order valence-corrected chi connectivity index (χ0v) is 22.7. The number of fused-ring (bicyclic) bond motifs is 6. The highest BCUT2D eigenvalue weighted by molar-refractivity contribution is 8.13. The molecule has 0 saturated heterocycles. The van der Waals surface area contributed by atoms with E-state index in [9.17, 15) is 23.5 Å². The van der Waals surface area contributed by atoms with Crippen LogP contribution in [0, 0.1) is 29.6 Å². The number of hydrogen-bond acceptors (Lipinski definition) is 8. The predicted molar refractivity (Wildman–Crippen MR) is 139 cm³/mol. The third-order valence-electron chi connectivity index (χ3n) is 9.44. The molecular weight excluding hydrogens is 547 g/mol. The number of nitrogens with zero attached hydrogens (tertiary/aromatic N) is 3. The van der Waals surface area contributed by atoms with E-state index in [2.05, 4.69) is 10.1 Å². The van der Waals surface area contributed by atoms with E-state index in [1.807, 2.05) is 6.08 Å². The molecule has 2 aromatic heterocycles. The van der Waals surface area contributed by atoms with Gasteiger partial charge in [0.25, 0.3) is 0 Å². The maximum atomic E-state index is 17.4. The third kappa shape index (κ3) is 4.13. The Morgan fingerprint density at radius 2 is 2.08 bits per heavy atom. The summed E-state index contributed by atoms with van der Waals surface area (Å²) < 4.78 is 56.2. The molecule has 0 amide bonds. The number of methoxy groups -OCH3 is 1. The van der Waals surface area contributed by atoms with Gasteiger partial charge in [0.1, 0.15) is 18.3 Å². The standard InChI is InChI=1S/C28H30F3N3O5S/c1-38-13-25(36)39-27(26(37)40-14-29)7-6-18-19-4-2-15-9-22-16(8-20(15)28(19,31)23(35)10-21(18)27)11-33-34(22)17-3-5-24(30)32-12-17/h3,5,9,11-12,18-21,23,35H,2,4,6-8,10,13-14H2,1H3/t18-,19+,20+,21+,23+,27-,28-/m1/s1. The smallest absolute Gasteiger partial charge is 0.333 e. The van der Waals surface area contributed by atoms with Gasteiger partial charge in [0.2, 0.25) is 11.1 Å². The topological polar surface area (TPSA) is 104 Å². The van der Waals surface area contributed by atoms with Crippen LogP contribution >= 0.6 is 11.8 Å². The Bertz CT molecular complexity index is 1350. The Morgan fingerprint density at radius 1 is 1.25 bits per heavy atom. The minimum Gasteiger partial charge on any atom is -0.448 e. The molecule has 2 heterocycles. The van der Waals surface area contributed by atoms with Crippen molar-refractivity contribution in [3.8, 4) is 5.69 Å². The average Bonchev–Trinajstić information content (AvgIpc) is 3.51. The van der Waals surface area contributed by atoms with Gasteiger partial charge in [-0.05, 0) is 85.9 Å². The van der Waals surface area contributed by atoms with E-state index in [0.717, 1.165) is 16.8 Å². The number of aromatic nitrogens is 3. The molecule has 3 fully saturated rings. The fraction of sp³-hybridized carbons (Fsp3) is 0.571. The first-order valence-electron chi connectivity index (χ1n) is 13.4. The van der Waals surface area contributed by atoms with Crippen LogP contribution in [0.15, 0.2) is 30.1 Å². The van der Waals surface area contributed by atoms with E-state index in [1.54, 1.807) is 16.9 Å². The Hall–Kier alpha value is -2.70. The van der Waals surface area contributed by atoms with Crippen molar-refractivity contribution in [3.05, 3.63) is 47.3 Å². The van der Waals surface area contributed by atoms with E-state index in [-0.39, 0.29) is 25.4 Å². The largest absolute Gasteiger partial charge is 0.448 e. The quantitative estimate of drug-likeness (QED) is 0.406. The molecule has 3 saturated carbocycles. The van der Waals surface area contributed by atoms with E-state index in [0.29, 0.717) is 43.1 Å². The first kappa shape index (κ1) is 27.5. The second-order valence-corrected chi connectivity index (χ2v) is 12.0. The molecule has 6 rings (SSSR count). The molecule has 40 heavy (non-hydrogen) atoms. The number of ether oxygens (including phenoxy) is 2. The highest BCUT2D eigenvalue weighted by atomic mass is 32.2. The zero-order valence-electron chi connectivity index (χ0n) is 21.9. The maximum absolute atomic E-state index is 17.4. The van der Waals surface area contributed by atoms with Gasteiger partial charge in [-0.15, -0.1) is 0 Å². The summed E-state index contributed by atoms with van der Waals surface area (Å²) in [5.74, 6) is -3.43. The van der Waals surface area contributed by atoms with Crippen molar-refractivity contribution in [3.63, 3.8) is 0 Å². The van der Waals surface area contributed by atoms with Crippen molar-refractivity contribution < 1.29 is 37.3 Å². The number of aliphatic hydroxyl groups excluding tert-OH is 1. The van der Waals surface area contributed by atoms with Crippen LogP contribution in [0.5, 0.6) is 0 Å². The van der Waals surface area contributed by atoms with E-state index >= 15 is 4.39 Å². The van der Waals surface area contributed by atoms with Crippen LogP contribution in [0.3, 0.4) is 0 Å². The highest BCUT2D eigenvalue weighted by Gasteiger charge is 2.68. The molecule has 4 aliphatic carbocycles. The number of pyridine rings is 1. The number of carbonyl (C=O) groups is 2. The van der Waals surface area contributed by atoms with Crippen LogP contribution in [0.1, 0.15) is 43.4 Å². The van der Waals surface area contributed by atoms with Gasteiger partial charge in [-0.2, -0.15) is 9.49 Å². The molecule has 214 valence electrons. The Balaban J connectivity index is 1.32. The van der Waals surface area contributed by atoms with E-state index in [4.69, 9.17) is 9.47 Å². The van der Waals surface area contributed by atoms with Crippen molar-refractivity contribution in [1.82, 2.24) is 14.8 Å². The fourth-order valence-corrected chi connectivity index (χ4v) is 8.50. The van der Waals surface area contributed by atoms with Crippen LogP contribution in [0.4, 0.5) is 13.2 Å². The number of esters is 1. The van der Waals surface area contributed by atoms with Crippen LogP contribution < -0.4 is 0 Å². The summed E-state index contributed by atoms with van der Waals surface area (Å²) in [6, 6.07) is 1.86. The number of halogens is 3. The molecule has 4 aliphatic rings. The van der Waals surface area contributed by atoms with Crippen molar-refractivity contribution in [2.24, 2.45) is 23.7 Å². The van der Waals surface area contributed by atoms with E-state index < -0.39 is 58.2 Å². The Kier molecular flexibility index (Phi) is 7.07. The normalized spacial score (nSPS) is 34.2. The van der Waals surface area contributed by atoms with Gasteiger partial charge in [0, 0.05) is 18.9 Å². The number of allylic oxidation sites excluding steroid dienone is 1. The lowest BCUT2D eigenvalue weighted by Crippen LogP contribution is -2.63. The number of aliphatic hydroxyl groups is 1. The van der Waals surface area contributed by atoms with Gasteiger partial charge < -0.3 is 14.6 Å². The van der Waals surface area contributed by atoms with E-state index in [1.165, 1.54) is 19.4 Å². The summed E-state index contributed by atoms with van der Waals surface area (Å²) in [6.45, 7) is -0.369. The van der Waals surface area contributed by atoms with Crippen LogP contribution in [-0.2, 0) is 25.5 Å². The molecule has 0 unspecified atom stereocenters. The monoisotopic (exact) mass is 577 g/mol. The Morgan fingerprint density at radius 3 is 2.80 bits per heavy atom. The predicted octanol–water partition coefficient (Wildman–Crippen LogP) is 3.99. The van der Waals surface area contributed by atoms with Crippen LogP contribution in [-0.4, -0.2) is 68.1 Å². The number of alkyl halides is 2. The van der Waals surface area contributed by atoms with Gasteiger partial charge in [0.15, 0.2) is 5.60 Å². The molecule has 0 bridgehead atoms. The zero-order chi connectivity index (χ0) is 28.2. The number of carbonyl (C=O) groups excluding carboxylic acids is 2. The van der Waals surface area contributed by atoms with Crippen molar-refractivity contribution in [2.75, 3.05) is 19.7 Å². The highest BCUT2D eigenvalue weighted by Crippen LogP contribution is 2.63. The molecule has 0 aliphatic heterocycles. The Labute approximate surface area is 233 Å². The fourth-order valence-electron chi connectivity index (χ4n) is 7.86. The molecule has 0 radical (unpaired) electrons. The first-order valence-corrected chi connectivity index (χ1v) is 14.4. The summed E-state index contributed by atoms with van der Waals surface area (Å²) in [4.78, 5) is 29.4. The maximum Gasteiger partial charge on any atom is 0.333 e. The first-order chi connectivity index (χ1) is 19.2. The third-order valence-corrected chi connectivity index (χ3v) is 10.2. The lowest BCUT2D eigenvalue weighted by molar-refractivity contribution is -0.191. The van der Waals surface area contributed by atoms with Gasteiger partial charge in [-0.3, -0.25) is 4.79 Å². The minimum atomic E-state index is -1.95. The summed E-state index contributed by atoms with van der Waals surface area (Å²) in [6.07, 6.45) is 5.45. The van der Waals surface area contributed by atoms with Gasteiger partial charge in [-0.1, -0.05) is 5.57 Å². The molecule has 1 N–H and O–H groups in total.